The highest BCUT2D eigenvalue weighted by Gasteiger charge is 2.20. The summed E-state index contributed by atoms with van der Waals surface area (Å²) >= 11 is 0. The van der Waals surface area contributed by atoms with E-state index in [0.717, 1.165) is 0 Å². The minimum atomic E-state index is -0.345. The van der Waals surface area contributed by atoms with Crippen LogP contribution in [0.15, 0.2) is 11.9 Å². The van der Waals surface area contributed by atoms with Crippen molar-refractivity contribution in [3.63, 3.8) is 0 Å². The van der Waals surface area contributed by atoms with E-state index in [1.54, 1.807) is 18.1 Å². The van der Waals surface area contributed by atoms with Gasteiger partial charge in [-0.05, 0) is 0 Å². The van der Waals surface area contributed by atoms with E-state index in [0.29, 0.717) is 5.70 Å². The average molecular weight is 98.1 g/mol. The molecule has 2 N–H and O–H groups in total. The van der Waals surface area contributed by atoms with Gasteiger partial charge >= 0.3 is 0 Å². The number of carbonyl (C=O) groups excluding carboxylic acids is 1. The number of primary amides is 1. The van der Waals surface area contributed by atoms with Crippen LogP contribution in [0.25, 0.3) is 0 Å². The Hall–Kier alpha value is -0.990. The molecular weight excluding hydrogens is 92.1 g/mol. The molecule has 0 atom stereocenters. The maximum Gasteiger partial charge on any atom is 0.266 e. The second kappa shape index (κ2) is 0.992. The predicted octanol–water partition coefficient (Wildman–Crippen LogP) is -0.742. The summed E-state index contributed by atoms with van der Waals surface area (Å²) in [5.41, 5.74) is 5.45. The quantitative estimate of drug-likeness (QED) is 0.469. The van der Waals surface area contributed by atoms with Gasteiger partial charge in [-0.25, -0.2) is 0 Å². The van der Waals surface area contributed by atoms with Crippen molar-refractivity contribution >= 4 is 5.91 Å². The zero-order chi connectivity index (χ0) is 5.44. The topological polar surface area (TPSA) is 46.1 Å². The highest BCUT2D eigenvalue weighted by atomic mass is 16.1. The van der Waals surface area contributed by atoms with Gasteiger partial charge in [0.25, 0.3) is 5.91 Å². The molecule has 0 aromatic heterocycles. The molecule has 0 aliphatic carbocycles. The number of rotatable bonds is 1. The third kappa shape index (κ3) is 0.559. The van der Waals surface area contributed by atoms with E-state index in [2.05, 4.69) is 0 Å². The second-order valence-electron chi connectivity index (χ2n) is 1.49. The van der Waals surface area contributed by atoms with Gasteiger partial charge in [-0.3, -0.25) is 4.79 Å². The lowest BCUT2D eigenvalue weighted by molar-refractivity contribution is -0.114. The molecular formula is C4H6N2O. The van der Waals surface area contributed by atoms with Crippen molar-refractivity contribution < 1.29 is 4.79 Å². The molecule has 0 saturated heterocycles. The van der Waals surface area contributed by atoms with Crippen LogP contribution >= 0.6 is 0 Å². The number of hydrogen-bond donors (Lipinski definition) is 1. The van der Waals surface area contributed by atoms with E-state index in [9.17, 15) is 4.79 Å². The Morgan fingerprint density at radius 2 is 2.43 bits per heavy atom. The van der Waals surface area contributed by atoms with E-state index < -0.39 is 0 Å². The second-order valence-corrected chi connectivity index (χ2v) is 1.49. The summed E-state index contributed by atoms with van der Waals surface area (Å²) in [5, 5.41) is 0. The molecule has 1 amide bonds. The molecule has 0 fully saturated rings. The van der Waals surface area contributed by atoms with Crippen molar-refractivity contribution in [2.24, 2.45) is 5.73 Å². The van der Waals surface area contributed by atoms with Crippen LogP contribution in [0.4, 0.5) is 0 Å². The predicted molar refractivity (Wildman–Crippen MR) is 25.0 cm³/mol. The fraction of sp³-hybridized carbons (Fsp3) is 0.250. The van der Waals surface area contributed by atoms with Gasteiger partial charge < -0.3 is 10.6 Å². The van der Waals surface area contributed by atoms with Crippen molar-refractivity contribution in [1.29, 1.82) is 0 Å². The summed E-state index contributed by atoms with van der Waals surface area (Å²) in [6.45, 7) is 0. The molecule has 1 rings (SSSR count). The summed E-state index contributed by atoms with van der Waals surface area (Å²) in [5.74, 6) is -0.345. The Balaban J connectivity index is 2.48. The Morgan fingerprint density at radius 3 is 2.43 bits per heavy atom. The fourth-order valence-corrected chi connectivity index (χ4v) is 0.392. The van der Waals surface area contributed by atoms with Gasteiger partial charge in [-0.2, -0.15) is 0 Å². The van der Waals surface area contributed by atoms with Gasteiger partial charge in [0.15, 0.2) is 0 Å². The molecule has 0 spiro atoms. The zero-order valence-corrected chi connectivity index (χ0v) is 4.01. The molecule has 3 nitrogen and oxygen atoms in total. The lowest BCUT2D eigenvalue weighted by Crippen LogP contribution is -2.12. The van der Waals surface area contributed by atoms with Crippen LogP contribution in [0.2, 0.25) is 0 Å². The molecule has 38 valence electrons. The minimum absolute atomic E-state index is 0.345. The first-order chi connectivity index (χ1) is 3.22. The molecule has 0 bridgehead atoms. The third-order valence-electron chi connectivity index (χ3n) is 0.881. The first-order valence-corrected chi connectivity index (χ1v) is 1.96. The van der Waals surface area contributed by atoms with Crippen molar-refractivity contribution in [1.82, 2.24) is 4.90 Å². The Bertz CT molecular complexity index is 139. The van der Waals surface area contributed by atoms with E-state index in [1.807, 2.05) is 0 Å². The number of nitrogens with zero attached hydrogens (tertiary/aromatic N) is 1. The van der Waals surface area contributed by atoms with E-state index in [1.165, 1.54) is 0 Å². The van der Waals surface area contributed by atoms with Gasteiger partial charge in [0.1, 0.15) is 5.70 Å². The van der Waals surface area contributed by atoms with Gasteiger partial charge in [-0.15, -0.1) is 0 Å². The zero-order valence-electron chi connectivity index (χ0n) is 4.01. The van der Waals surface area contributed by atoms with E-state index in [-0.39, 0.29) is 5.91 Å². The number of carbonyl (C=O) groups is 1. The summed E-state index contributed by atoms with van der Waals surface area (Å²) in [6, 6.07) is 0. The fourth-order valence-electron chi connectivity index (χ4n) is 0.392. The average Bonchev–Trinajstić information content (AvgIpc) is 2.17. The maximum absolute atomic E-state index is 10.1. The summed E-state index contributed by atoms with van der Waals surface area (Å²) in [7, 11) is 1.78. The van der Waals surface area contributed by atoms with Crippen LogP contribution in [0.3, 0.4) is 0 Å². The third-order valence-corrected chi connectivity index (χ3v) is 0.881. The van der Waals surface area contributed by atoms with Gasteiger partial charge in [0.2, 0.25) is 0 Å². The van der Waals surface area contributed by atoms with Crippen LogP contribution in [0.5, 0.6) is 0 Å². The molecule has 1 heterocycles. The summed E-state index contributed by atoms with van der Waals surface area (Å²) in [6.07, 6.45) is 1.68. The largest absolute Gasteiger partial charge is 0.364 e. The highest BCUT2D eigenvalue weighted by molar-refractivity contribution is 5.94. The highest BCUT2D eigenvalue weighted by Crippen LogP contribution is 2.14. The van der Waals surface area contributed by atoms with Crippen LogP contribution in [-0.4, -0.2) is 17.9 Å². The van der Waals surface area contributed by atoms with Gasteiger partial charge in [0.05, 0.1) is 0 Å². The minimum Gasteiger partial charge on any atom is -0.364 e. The molecule has 0 unspecified atom stereocenters. The van der Waals surface area contributed by atoms with Crippen LogP contribution in [0, 0.1) is 0 Å². The van der Waals surface area contributed by atoms with Crippen molar-refractivity contribution in [2.45, 2.75) is 0 Å². The lowest BCUT2D eigenvalue weighted by Gasteiger charge is -1.86. The monoisotopic (exact) mass is 98.0 g/mol. The molecule has 7 heavy (non-hydrogen) atoms. The molecule has 0 saturated carbocycles. The van der Waals surface area contributed by atoms with Crippen molar-refractivity contribution in [3.05, 3.63) is 11.9 Å². The lowest BCUT2D eigenvalue weighted by atomic mass is 10.6. The molecule has 3 heteroatoms. The summed E-state index contributed by atoms with van der Waals surface area (Å²) in [4.78, 5) is 11.8. The van der Waals surface area contributed by atoms with E-state index >= 15 is 0 Å². The molecule has 0 aromatic rings. The molecule has 1 aliphatic heterocycles. The van der Waals surface area contributed by atoms with E-state index in [4.69, 9.17) is 5.73 Å². The number of likely N-dealkylation sites (N-methyl/N-ethyl adjacent to an activating group) is 1. The Kier molecular flexibility index (Phi) is 0.592. The number of amides is 1. The standard InChI is InChI=1S/C4H6N2O/c1-6-2-3(6)4(5)7/h2H,1H3,(H2,5,7). The van der Waals surface area contributed by atoms with Crippen molar-refractivity contribution in [3.8, 4) is 0 Å². The number of nitrogens with two attached hydrogens (primary N) is 1. The SMILES string of the molecule is CN1C=C1C(N)=O. The first kappa shape index (κ1) is 4.18. The van der Waals surface area contributed by atoms with Gasteiger partial charge in [-0.1, -0.05) is 0 Å². The molecule has 0 aromatic carbocycles. The summed E-state index contributed by atoms with van der Waals surface area (Å²) < 4.78 is 0. The van der Waals surface area contributed by atoms with Crippen LogP contribution < -0.4 is 5.73 Å². The van der Waals surface area contributed by atoms with Crippen LogP contribution in [-0.2, 0) is 4.79 Å². The Morgan fingerprint density at radius 1 is 2.00 bits per heavy atom. The normalized spacial score (nSPS) is 16.1. The first-order valence-electron chi connectivity index (χ1n) is 1.96. The Labute approximate surface area is 41.4 Å². The maximum atomic E-state index is 10.1. The number of hydrogen-bond acceptors (Lipinski definition) is 2. The molecule has 1 aliphatic rings. The molecule has 0 radical (unpaired) electrons. The van der Waals surface area contributed by atoms with Crippen molar-refractivity contribution in [2.75, 3.05) is 7.05 Å². The van der Waals surface area contributed by atoms with Crippen LogP contribution in [0.1, 0.15) is 0 Å². The van der Waals surface area contributed by atoms with Gasteiger partial charge in [0, 0.05) is 13.2 Å². The smallest absolute Gasteiger partial charge is 0.266 e.